The van der Waals surface area contributed by atoms with E-state index in [0.29, 0.717) is 45.3 Å². The van der Waals surface area contributed by atoms with Crippen LogP contribution in [0.1, 0.15) is 66.0 Å². The molecule has 1 aliphatic heterocycles. The Hall–Kier alpha value is -8.69. The van der Waals surface area contributed by atoms with Gasteiger partial charge in [0.2, 0.25) is 17.7 Å². The van der Waals surface area contributed by atoms with Crippen LogP contribution < -0.4 is 42.6 Å². The van der Waals surface area contributed by atoms with Crippen LogP contribution in [0.25, 0.3) is 22.5 Å². The maximum absolute atomic E-state index is 14.6. The van der Waals surface area contributed by atoms with Crippen molar-refractivity contribution in [2.75, 3.05) is 46.2 Å². The topological polar surface area (TPSA) is 416 Å². The number of aromatic nitrogens is 2. The summed E-state index contributed by atoms with van der Waals surface area (Å²) < 4.78 is 139. The second-order valence-electron chi connectivity index (χ2n) is 18.9. The molecule has 0 unspecified atom stereocenters. The first-order chi connectivity index (χ1) is 42.3. The van der Waals surface area contributed by atoms with Gasteiger partial charge in [0.15, 0.2) is 5.82 Å². The van der Waals surface area contributed by atoms with Crippen molar-refractivity contribution in [3.8, 4) is 34.0 Å². The minimum atomic E-state index is -5.08. The number of carboxylic acid groups (broad SMARTS) is 5. The number of nitrogens with two attached hydrogens (primary N) is 3. The molecule has 1 aliphatic rings. The van der Waals surface area contributed by atoms with E-state index >= 15 is 0 Å². The molecule has 0 aliphatic carbocycles. The van der Waals surface area contributed by atoms with E-state index < -0.39 is 102 Å². The molecular formula is C53H61F12N9O16S2. The number of halogens is 12. The maximum Gasteiger partial charge on any atom is 0.490 e. The molecule has 3 aromatic carbocycles. The zero-order chi connectivity index (χ0) is 71.0. The predicted octanol–water partition coefficient (Wildman–Crippen LogP) is 5.85. The van der Waals surface area contributed by atoms with Gasteiger partial charge in [0.1, 0.15) is 48.9 Å². The summed E-state index contributed by atoms with van der Waals surface area (Å²) in [5.74, 6) is -14.0. The number of nitrogens with one attached hydrogen (secondary N) is 3. The van der Waals surface area contributed by atoms with Gasteiger partial charge in [-0.3, -0.25) is 19.2 Å². The van der Waals surface area contributed by atoms with Crippen LogP contribution in [0.5, 0.6) is 11.5 Å². The quantitative estimate of drug-likeness (QED) is 0.0436. The Kier molecular flexibility index (Phi) is 31.6. The van der Waals surface area contributed by atoms with Crippen molar-refractivity contribution in [2.45, 2.75) is 94.2 Å². The van der Waals surface area contributed by atoms with Gasteiger partial charge in [0.25, 0.3) is 5.91 Å². The molecule has 5 rings (SSSR count). The van der Waals surface area contributed by atoms with Crippen LogP contribution in [0.2, 0.25) is 0 Å². The first-order valence-electron chi connectivity index (χ1n) is 25.7. The largest absolute Gasteiger partial charge is 0.492 e. The second kappa shape index (κ2) is 35.8. The van der Waals surface area contributed by atoms with Crippen molar-refractivity contribution >= 4 is 75.1 Å². The zero-order valence-corrected chi connectivity index (χ0v) is 50.4. The first-order valence-corrected chi connectivity index (χ1v) is 28.3. The molecule has 14 N–H and O–H groups in total. The third-order valence-electron chi connectivity index (χ3n) is 11.6. The van der Waals surface area contributed by atoms with Gasteiger partial charge < -0.3 is 73.1 Å². The Morgan fingerprint density at radius 3 is 1.57 bits per heavy atom. The number of alkyl halides is 12. The minimum absolute atomic E-state index is 0.000102. The number of carbonyl (C=O) groups is 9. The van der Waals surface area contributed by atoms with Gasteiger partial charge in [0, 0.05) is 54.2 Å². The van der Waals surface area contributed by atoms with E-state index in [4.69, 9.17) is 66.3 Å². The lowest BCUT2D eigenvalue weighted by Crippen LogP contribution is -2.55. The molecule has 4 bridgehead atoms. The number of aliphatic carboxylic acids is 5. The fraction of sp³-hybridized carbons (Fsp3) is 0.415. The van der Waals surface area contributed by atoms with Crippen LogP contribution in [0.3, 0.4) is 0 Å². The Morgan fingerprint density at radius 1 is 0.696 bits per heavy atom. The van der Waals surface area contributed by atoms with Gasteiger partial charge in [-0.25, -0.2) is 33.9 Å². The number of aryl methyl sites for hydroxylation is 1. The third kappa shape index (κ3) is 26.3. The Labute approximate surface area is 521 Å². The number of carbonyl (C=O) groups excluding carboxylic acids is 4. The first kappa shape index (κ1) is 81.3. The number of nitrogens with zero attached hydrogens (tertiary/aromatic N) is 3. The van der Waals surface area contributed by atoms with Gasteiger partial charge in [-0.1, -0.05) is 58.0 Å². The summed E-state index contributed by atoms with van der Waals surface area (Å²) in [6.45, 7) is 8.04. The van der Waals surface area contributed by atoms with Gasteiger partial charge in [0.05, 0.1) is 11.3 Å². The molecule has 2 heterocycles. The number of amides is 4. The van der Waals surface area contributed by atoms with E-state index in [1.54, 1.807) is 64.9 Å². The average Bonchev–Trinajstić information content (AvgIpc) is 0.794. The number of hydrogen-bond acceptors (Lipinski definition) is 18. The SMILES string of the molecule is CSSC(C)(C)c1ccc(-c2ncc(C(=O)N[C@@H](CCN)C(=O)N(C)[C@@H]3C(=O)N[C@@H](C)C(=O)N[C@H](C(=O)O)Cc4ccc(OCCN)c(c4)-c4cc3ccc4OCCN)c(C)n2)cc1.O=C(O)C(F)(F)F.O=C(O)C(F)(F)F.O=C(O)C(F)(F)F.O=C(O)C(F)(F)F. The molecule has 0 fully saturated rings. The van der Waals surface area contributed by atoms with Crippen molar-refractivity contribution in [3.05, 3.63) is 94.8 Å². The maximum atomic E-state index is 14.6. The van der Waals surface area contributed by atoms with Crippen molar-refractivity contribution < 1.29 is 131 Å². The lowest BCUT2D eigenvalue weighted by Gasteiger charge is -2.32. The minimum Gasteiger partial charge on any atom is -0.492 e. The molecule has 4 amide bonds. The van der Waals surface area contributed by atoms with E-state index in [1.807, 2.05) is 30.5 Å². The lowest BCUT2D eigenvalue weighted by atomic mass is 9.93. The Balaban J connectivity index is 0.00000125. The van der Waals surface area contributed by atoms with Crippen molar-refractivity contribution in [1.29, 1.82) is 0 Å². The highest BCUT2D eigenvalue weighted by molar-refractivity contribution is 8.76. The molecule has 4 atom stereocenters. The summed E-state index contributed by atoms with van der Waals surface area (Å²) in [5, 5.41) is 46.6. The molecule has 0 radical (unpaired) electrons. The fourth-order valence-electron chi connectivity index (χ4n) is 7.21. The molecule has 510 valence electrons. The molecule has 25 nitrogen and oxygen atoms in total. The van der Waals surface area contributed by atoms with E-state index in [-0.39, 0.29) is 56.0 Å². The number of hydrogen-bond donors (Lipinski definition) is 11. The summed E-state index contributed by atoms with van der Waals surface area (Å²) >= 11 is 0. The Morgan fingerprint density at radius 2 is 1.15 bits per heavy atom. The average molecular weight is 1370 g/mol. The molecular weight excluding hydrogens is 1310 g/mol. The number of benzene rings is 3. The number of likely N-dealkylation sites (N-methyl/N-ethyl adjacent to an activating group) is 1. The molecule has 0 saturated carbocycles. The molecule has 39 heteroatoms. The van der Waals surface area contributed by atoms with Crippen molar-refractivity contribution in [3.63, 3.8) is 0 Å². The van der Waals surface area contributed by atoms with Gasteiger partial charge in [-0.15, -0.1) is 0 Å². The molecule has 0 spiro atoms. The van der Waals surface area contributed by atoms with Crippen LogP contribution >= 0.6 is 21.6 Å². The number of ether oxygens (including phenoxy) is 2. The fourth-order valence-corrected chi connectivity index (χ4v) is 9.40. The summed E-state index contributed by atoms with van der Waals surface area (Å²) in [5.41, 5.74) is 21.8. The van der Waals surface area contributed by atoms with Crippen LogP contribution in [-0.2, 0) is 49.5 Å². The van der Waals surface area contributed by atoms with Crippen LogP contribution in [0.15, 0.2) is 66.9 Å². The van der Waals surface area contributed by atoms with Crippen LogP contribution in [0.4, 0.5) is 52.7 Å². The van der Waals surface area contributed by atoms with Crippen LogP contribution in [0, 0.1) is 6.92 Å². The molecule has 4 aromatic rings. The zero-order valence-electron chi connectivity index (χ0n) is 48.8. The summed E-state index contributed by atoms with van der Waals surface area (Å²) in [6.07, 6.45) is -17.0. The third-order valence-corrected chi connectivity index (χ3v) is 14.1. The smallest absolute Gasteiger partial charge is 0.490 e. The van der Waals surface area contributed by atoms with Crippen LogP contribution in [-0.4, -0.2) is 183 Å². The van der Waals surface area contributed by atoms with Gasteiger partial charge in [-0.05, 0) is 87.9 Å². The molecule has 92 heavy (non-hydrogen) atoms. The van der Waals surface area contributed by atoms with E-state index in [0.717, 1.165) is 11.1 Å². The van der Waals surface area contributed by atoms with Gasteiger partial charge >= 0.3 is 54.6 Å². The monoisotopic (exact) mass is 1370 g/mol. The van der Waals surface area contributed by atoms with Gasteiger partial charge in [-0.2, -0.15) is 52.7 Å². The normalized spacial score (nSPS) is 15.2. The lowest BCUT2D eigenvalue weighted by molar-refractivity contribution is -0.193. The second-order valence-corrected chi connectivity index (χ2v) is 21.9. The van der Waals surface area contributed by atoms with E-state index in [1.165, 1.54) is 25.1 Å². The summed E-state index contributed by atoms with van der Waals surface area (Å²) in [4.78, 5) is 115. The predicted molar refractivity (Wildman–Crippen MR) is 303 cm³/mol. The number of fused-ring (bicyclic) bond motifs is 5. The Bertz CT molecular complexity index is 3120. The van der Waals surface area contributed by atoms with Crippen molar-refractivity contribution in [1.82, 2.24) is 30.8 Å². The highest BCUT2D eigenvalue weighted by atomic mass is 33.1. The van der Waals surface area contributed by atoms with E-state index in [2.05, 4.69) is 39.8 Å². The van der Waals surface area contributed by atoms with Crippen molar-refractivity contribution in [2.24, 2.45) is 17.2 Å². The summed E-state index contributed by atoms with van der Waals surface area (Å²) in [6, 6.07) is 12.7. The number of carboxylic acids is 5. The highest BCUT2D eigenvalue weighted by Crippen LogP contribution is 2.43. The highest BCUT2D eigenvalue weighted by Gasteiger charge is 2.41. The summed E-state index contributed by atoms with van der Waals surface area (Å²) in [7, 11) is 4.86. The molecule has 1 aromatic heterocycles. The number of rotatable bonds is 17. The standard InChI is InChI=1S/C45H57N9O8S2.4C2HF3O2/c1-25-33(24-49-39(50-25)28-8-11-30(12-9-28)45(3,4)64-63-6)41(56)52-34(15-16-46)43(58)54(5)38-29-10-14-37(62-20-18-48)32(23-29)31-21-27(7-13-36(31)61-19-17-47)22-35(44(59)60)53-40(55)26(2)51-42(38)57;4*3-2(4,5)1(6)7/h7-14,21,23-24,26,34-35,38H,15-20,22,46-48H2,1-6H3,(H,51,57)(H,52,56)(H,53,55)(H,59,60);4*(H,6,7)/t26-,34-,35-,38-;;;;/m0..../s1. The molecule has 0 saturated heterocycles. The van der Waals surface area contributed by atoms with E-state index in [9.17, 15) is 81.8 Å².